The molecular weight excluding hydrogens is 1160 g/mol. The number of halogens is 20. The van der Waals surface area contributed by atoms with Crippen LogP contribution in [-0.4, -0.2) is 44.9 Å². The van der Waals surface area contributed by atoms with Crippen molar-refractivity contribution in [1.82, 2.24) is 19.8 Å². The van der Waals surface area contributed by atoms with Crippen LogP contribution in [0.15, 0.2) is 60.9 Å². The van der Waals surface area contributed by atoms with Crippen LogP contribution in [0.2, 0.25) is 0 Å². The van der Waals surface area contributed by atoms with Crippen LogP contribution in [0.1, 0.15) is 70.5 Å². The Labute approximate surface area is 374 Å². The van der Waals surface area contributed by atoms with E-state index in [0.717, 1.165) is 24.3 Å². The van der Waals surface area contributed by atoms with Crippen LogP contribution in [0.4, 0.5) is 79.0 Å². The van der Waals surface area contributed by atoms with Crippen LogP contribution >= 0.6 is 40.7 Å². The molecule has 348 valence electrons. The summed E-state index contributed by atoms with van der Waals surface area (Å²) in [5, 5.41) is 0. The van der Waals surface area contributed by atoms with E-state index in [9.17, 15) is 79.0 Å². The molecule has 63 heavy (non-hydrogen) atoms. The number of aromatic nitrogens is 2. The van der Waals surface area contributed by atoms with Crippen LogP contribution < -0.4 is 0 Å². The van der Waals surface area contributed by atoms with Gasteiger partial charge in [0.1, 0.15) is 0 Å². The van der Waals surface area contributed by atoms with Gasteiger partial charge in [0.2, 0.25) is 0 Å². The summed E-state index contributed by atoms with van der Waals surface area (Å²) < 4.78 is 247. The SMILES string of the molecule is FC(F)(F)c1cc(C(F)(F)F)c(-c2ccc(CN3CCCC3C3CCCN3Cc3ccc(-c4c(C(F)(F)F)cc(C(F)(F)F)cc4C(F)(F)F)cn3)nc2)c(C(F)(F)F)c1.[I][Fe][I]. The van der Waals surface area contributed by atoms with Gasteiger partial charge in [-0.1, -0.05) is 12.1 Å². The summed E-state index contributed by atoms with van der Waals surface area (Å²) in [7, 11) is 1.19. The second-order valence-corrected chi connectivity index (χ2v) is 23.7. The number of pyridine rings is 2. The van der Waals surface area contributed by atoms with Gasteiger partial charge in [-0.25, -0.2) is 0 Å². The number of benzene rings is 2. The Kier molecular flexibility index (Phi) is 15.7. The summed E-state index contributed by atoms with van der Waals surface area (Å²) in [5.74, 6) is 0. The first kappa shape index (κ1) is 51.4. The topological polar surface area (TPSA) is 32.3 Å². The predicted molar refractivity (Wildman–Crippen MR) is 204 cm³/mol. The van der Waals surface area contributed by atoms with Gasteiger partial charge in [0.15, 0.2) is 0 Å². The number of likely N-dealkylation sites (tertiary alicyclic amines) is 2. The standard InChI is InChI=1S/C38H28F18N4.Fe.2HI/c39-33(40,41)21-11-25(35(45,46)47)31(26(12-21)36(48,49)50)19-5-7-23(57-15-19)17-59-9-1-3-29(59)30-4-2-10-60(30)18-24-8-6-20(16-58-24)32-27(37(51,52)53)13-22(34(42,43)44)14-28(32)38(54,55)56;;;/h5-8,11-16,29-30H,1-4,9-10,17-18H2;;2*1H/q;+2;;/p-2. The molecule has 2 aliphatic rings. The minimum absolute atomic E-state index is 0.0592. The molecule has 0 amide bonds. The number of hydrogen-bond donors (Lipinski definition) is 0. The number of rotatable bonds is 7. The fourth-order valence-corrected chi connectivity index (χ4v) is 7.84. The monoisotopic (exact) mass is 1190 g/mol. The van der Waals surface area contributed by atoms with E-state index in [0.29, 0.717) is 51.2 Å². The molecule has 0 aliphatic carbocycles. The number of hydrogen-bond acceptors (Lipinski definition) is 4. The third kappa shape index (κ3) is 12.4. The van der Waals surface area contributed by atoms with E-state index in [4.69, 9.17) is 0 Å². The van der Waals surface area contributed by atoms with Gasteiger partial charge in [-0.05, 0) is 75.2 Å². The van der Waals surface area contributed by atoms with Crippen molar-refractivity contribution < 1.29 is 87.5 Å². The predicted octanol–water partition coefficient (Wildman–Crippen LogP) is 14.3. The molecule has 0 bridgehead atoms. The summed E-state index contributed by atoms with van der Waals surface area (Å²) in [5.41, 5.74) is -17.0. The van der Waals surface area contributed by atoms with E-state index in [-0.39, 0.29) is 36.6 Å². The minimum atomic E-state index is -5.61. The van der Waals surface area contributed by atoms with Crippen molar-refractivity contribution in [2.75, 3.05) is 13.1 Å². The van der Waals surface area contributed by atoms with Crippen molar-refractivity contribution in [3.63, 3.8) is 0 Å². The zero-order chi connectivity index (χ0) is 47.1. The Morgan fingerprint density at radius 2 is 0.762 bits per heavy atom. The van der Waals surface area contributed by atoms with Crippen molar-refractivity contribution in [2.24, 2.45) is 0 Å². The molecule has 25 heteroatoms. The fourth-order valence-electron chi connectivity index (χ4n) is 7.84. The molecule has 0 saturated carbocycles. The number of alkyl halides is 18. The maximum absolute atomic E-state index is 13.9. The van der Waals surface area contributed by atoms with E-state index < -0.39 is 117 Å². The molecule has 0 spiro atoms. The van der Waals surface area contributed by atoms with E-state index >= 15 is 0 Å². The van der Waals surface area contributed by atoms with E-state index in [1.165, 1.54) is 8.46 Å². The van der Waals surface area contributed by atoms with Gasteiger partial charge >= 0.3 is 86.2 Å². The van der Waals surface area contributed by atoms with Crippen LogP contribution in [0, 0.1) is 0 Å². The third-order valence-electron chi connectivity index (χ3n) is 10.4. The molecule has 4 nitrogen and oxygen atoms in total. The molecule has 2 aromatic carbocycles. The van der Waals surface area contributed by atoms with Gasteiger partial charge in [0.25, 0.3) is 0 Å². The van der Waals surface area contributed by atoms with Gasteiger partial charge < -0.3 is 0 Å². The molecule has 2 atom stereocenters. The second kappa shape index (κ2) is 19.3. The summed E-state index contributed by atoms with van der Waals surface area (Å²) >= 11 is 4.55. The summed E-state index contributed by atoms with van der Waals surface area (Å²) in [4.78, 5) is 12.0. The van der Waals surface area contributed by atoms with E-state index in [2.05, 4.69) is 50.7 Å². The Balaban J connectivity index is 0.00000242. The summed E-state index contributed by atoms with van der Waals surface area (Å²) in [6, 6.07) is 2.15. The summed E-state index contributed by atoms with van der Waals surface area (Å²) in [6.07, 6.45) is -29.5. The Morgan fingerprint density at radius 3 is 0.984 bits per heavy atom. The van der Waals surface area contributed by atoms with Crippen LogP contribution in [0.25, 0.3) is 22.3 Å². The molecular formula is C38H28F18FeI2N4. The number of nitrogens with zero attached hydrogens (tertiary/aromatic N) is 4. The van der Waals surface area contributed by atoms with E-state index in [1.807, 2.05) is 9.80 Å². The van der Waals surface area contributed by atoms with Crippen molar-refractivity contribution in [3.8, 4) is 22.3 Å². The van der Waals surface area contributed by atoms with Crippen LogP contribution in [0.5, 0.6) is 0 Å². The average molecular weight is 1190 g/mol. The first-order valence-electron chi connectivity index (χ1n) is 18.0. The molecule has 0 N–H and O–H groups in total. The molecule has 0 radical (unpaired) electrons. The van der Waals surface area contributed by atoms with Gasteiger partial charge in [-0.2, -0.15) is 79.0 Å². The molecule has 4 aromatic rings. The van der Waals surface area contributed by atoms with Crippen molar-refractivity contribution in [1.29, 1.82) is 0 Å². The van der Waals surface area contributed by atoms with Gasteiger partial charge in [0.05, 0.1) is 44.8 Å². The fraction of sp³-hybridized carbons (Fsp3) is 0.421. The van der Waals surface area contributed by atoms with Gasteiger partial charge in [-0.15, -0.1) is 0 Å². The summed E-state index contributed by atoms with van der Waals surface area (Å²) in [6.45, 7) is 1.08. The van der Waals surface area contributed by atoms with Crippen LogP contribution in [0.3, 0.4) is 0 Å². The third-order valence-corrected chi connectivity index (χ3v) is 10.4. The average Bonchev–Trinajstić information content (AvgIpc) is 3.81. The first-order valence-corrected chi connectivity index (χ1v) is 25.1. The van der Waals surface area contributed by atoms with Gasteiger partial charge in [0, 0.05) is 59.8 Å². The Hall–Kier alpha value is -2.62. The maximum atomic E-state index is 13.9. The molecule has 2 aromatic heterocycles. The zero-order valence-electron chi connectivity index (χ0n) is 31.3. The van der Waals surface area contributed by atoms with Crippen molar-refractivity contribution in [3.05, 3.63) is 106 Å². The van der Waals surface area contributed by atoms with Crippen molar-refractivity contribution in [2.45, 2.75) is 87.9 Å². The molecule has 2 unspecified atom stereocenters. The Bertz CT molecular complexity index is 1980. The molecule has 2 saturated heterocycles. The normalized spacial score (nSPS) is 18.5. The van der Waals surface area contributed by atoms with E-state index in [1.54, 1.807) is 0 Å². The molecule has 6 rings (SSSR count). The van der Waals surface area contributed by atoms with Crippen molar-refractivity contribution >= 4 is 40.7 Å². The second-order valence-electron chi connectivity index (χ2n) is 14.4. The molecule has 4 heterocycles. The Morgan fingerprint density at radius 1 is 0.476 bits per heavy atom. The quantitative estimate of drug-likeness (QED) is 0.105. The molecule has 2 fully saturated rings. The van der Waals surface area contributed by atoms with Gasteiger partial charge in [-0.3, -0.25) is 19.8 Å². The van der Waals surface area contributed by atoms with Crippen LogP contribution in [-0.2, 0) is 58.6 Å². The first-order chi connectivity index (χ1) is 28.9. The zero-order valence-corrected chi connectivity index (χ0v) is 36.7. The molecule has 2 aliphatic heterocycles.